The number of hydrogen-bond donors (Lipinski definition) is 0. The van der Waals surface area contributed by atoms with Crippen molar-refractivity contribution in [1.82, 2.24) is 9.80 Å². The summed E-state index contributed by atoms with van der Waals surface area (Å²) in [5.41, 5.74) is 2.22. The average molecular weight is 318 g/mol. The summed E-state index contributed by atoms with van der Waals surface area (Å²) in [5, 5.41) is 0. The summed E-state index contributed by atoms with van der Waals surface area (Å²) in [6.45, 7) is 7.00. The van der Waals surface area contributed by atoms with E-state index in [4.69, 9.17) is 14.5 Å². The highest BCUT2D eigenvalue weighted by Crippen LogP contribution is 2.30. The normalized spacial score (nSPS) is 20.6. The minimum Gasteiger partial charge on any atom is -0.383 e. The molecule has 0 saturated carbocycles. The van der Waals surface area contributed by atoms with Crippen LogP contribution in [-0.4, -0.2) is 82.5 Å². The van der Waals surface area contributed by atoms with Crippen LogP contribution in [0, 0.1) is 0 Å². The number of nitrogens with zero attached hydrogens (tertiary/aromatic N) is 4. The number of aliphatic imine (C=N–C) groups is 1. The largest absolute Gasteiger partial charge is 0.383 e. The Morgan fingerprint density at radius 1 is 1.13 bits per heavy atom. The van der Waals surface area contributed by atoms with Gasteiger partial charge in [-0.25, -0.2) is 4.99 Å². The molecular formula is C17H26N4O2. The van der Waals surface area contributed by atoms with E-state index < -0.39 is 0 Å². The van der Waals surface area contributed by atoms with Gasteiger partial charge in [0.1, 0.15) is 0 Å². The maximum absolute atomic E-state index is 5.47. The van der Waals surface area contributed by atoms with E-state index in [2.05, 4.69) is 46.0 Å². The van der Waals surface area contributed by atoms with Gasteiger partial charge in [0.25, 0.3) is 0 Å². The van der Waals surface area contributed by atoms with E-state index in [0.29, 0.717) is 0 Å². The minimum atomic E-state index is 0.720. The van der Waals surface area contributed by atoms with Crippen LogP contribution in [0.25, 0.3) is 0 Å². The number of guanidine groups is 1. The number of likely N-dealkylation sites (N-methyl/N-ethyl adjacent to an activating group) is 1. The number of methoxy groups -OCH3 is 1. The Balaban J connectivity index is 1.85. The predicted molar refractivity (Wildman–Crippen MR) is 92.6 cm³/mol. The molecular weight excluding hydrogens is 292 g/mol. The molecule has 0 aromatic heterocycles. The minimum absolute atomic E-state index is 0.720. The van der Waals surface area contributed by atoms with Gasteiger partial charge in [0.15, 0.2) is 0 Å². The van der Waals surface area contributed by atoms with Crippen LogP contribution in [-0.2, 0) is 9.47 Å². The van der Waals surface area contributed by atoms with Gasteiger partial charge in [-0.2, -0.15) is 0 Å². The lowest BCUT2D eigenvalue weighted by Gasteiger charge is -2.30. The van der Waals surface area contributed by atoms with E-state index in [1.165, 1.54) is 5.69 Å². The van der Waals surface area contributed by atoms with Gasteiger partial charge in [-0.1, -0.05) is 12.1 Å². The summed E-state index contributed by atoms with van der Waals surface area (Å²) in [6.07, 6.45) is 0. The molecule has 3 rings (SSSR count). The lowest BCUT2D eigenvalue weighted by Crippen LogP contribution is -2.36. The van der Waals surface area contributed by atoms with Crippen molar-refractivity contribution in [3.8, 4) is 0 Å². The van der Waals surface area contributed by atoms with Crippen LogP contribution in [0.4, 0.5) is 11.4 Å². The third-order valence-corrected chi connectivity index (χ3v) is 4.35. The monoisotopic (exact) mass is 318 g/mol. The predicted octanol–water partition coefficient (Wildman–Crippen LogP) is 1.40. The second kappa shape index (κ2) is 7.66. The molecule has 1 aromatic rings. The number of benzene rings is 1. The maximum Gasteiger partial charge on any atom is 0.201 e. The quantitative estimate of drug-likeness (QED) is 0.821. The Kier molecular flexibility index (Phi) is 5.35. The first kappa shape index (κ1) is 16.1. The van der Waals surface area contributed by atoms with Crippen molar-refractivity contribution in [3.63, 3.8) is 0 Å². The topological polar surface area (TPSA) is 40.5 Å². The first-order chi connectivity index (χ1) is 11.3. The summed E-state index contributed by atoms with van der Waals surface area (Å²) in [6, 6.07) is 8.38. The van der Waals surface area contributed by atoms with Crippen molar-refractivity contribution in [3.05, 3.63) is 24.3 Å². The molecule has 0 radical (unpaired) electrons. The smallest absolute Gasteiger partial charge is 0.201 e. The van der Waals surface area contributed by atoms with Gasteiger partial charge in [0.2, 0.25) is 5.96 Å². The van der Waals surface area contributed by atoms with Crippen molar-refractivity contribution in [2.24, 2.45) is 4.99 Å². The van der Waals surface area contributed by atoms with E-state index >= 15 is 0 Å². The summed E-state index contributed by atoms with van der Waals surface area (Å²) in [5.74, 6) is 1.03. The number of hydrogen-bond acceptors (Lipinski definition) is 4. The molecule has 0 spiro atoms. The SMILES string of the molecule is COCCN1CCN(C)C1=Nc1ccccc1N1CCOCC1. The van der Waals surface area contributed by atoms with E-state index in [-0.39, 0.29) is 0 Å². The van der Waals surface area contributed by atoms with Crippen LogP contribution in [0.2, 0.25) is 0 Å². The Morgan fingerprint density at radius 2 is 1.91 bits per heavy atom. The Labute approximate surface area is 138 Å². The Morgan fingerprint density at radius 3 is 2.70 bits per heavy atom. The lowest BCUT2D eigenvalue weighted by molar-refractivity contribution is 0.123. The standard InChI is InChI=1S/C17H26N4O2/c1-19-7-8-21(9-12-22-2)17(19)18-15-5-3-4-6-16(15)20-10-13-23-14-11-20/h3-6H,7-14H2,1-2H3. The number of para-hydroxylation sites is 2. The van der Waals surface area contributed by atoms with Crippen molar-refractivity contribution in [2.45, 2.75) is 0 Å². The lowest BCUT2D eigenvalue weighted by atomic mass is 10.2. The second-order valence-corrected chi connectivity index (χ2v) is 5.90. The molecule has 6 heteroatoms. The fraction of sp³-hybridized carbons (Fsp3) is 0.588. The second-order valence-electron chi connectivity index (χ2n) is 5.90. The van der Waals surface area contributed by atoms with E-state index in [9.17, 15) is 0 Å². The number of rotatable bonds is 5. The van der Waals surface area contributed by atoms with Crippen LogP contribution in [0.3, 0.4) is 0 Å². The highest BCUT2D eigenvalue weighted by molar-refractivity contribution is 5.86. The molecule has 1 aromatic carbocycles. The molecule has 2 saturated heterocycles. The number of ether oxygens (including phenoxy) is 2. The summed E-state index contributed by atoms with van der Waals surface area (Å²) >= 11 is 0. The van der Waals surface area contributed by atoms with Crippen molar-refractivity contribution < 1.29 is 9.47 Å². The summed E-state index contributed by atoms with van der Waals surface area (Å²) < 4.78 is 10.7. The van der Waals surface area contributed by atoms with Crippen LogP contribution in [0.5, 0.6) is 0 Å². The van der Waals surface area contributed by atoms with Crippen molar-refractivity contribution in [1.29, 1.82) is 0 Å². The van der Waals surface area contributed by atoms with E-state index in [1.807, 2.05) is 0 Å². The zero-order valence-corrected chi connectivity index (χ0v) is 14.1. The van der Waals surface area contributed by atoms with Gasteiger partial charge in [0.05, 0.1) is 31.2 Å². The first-order valence-electron chi connectivity index (χ1n) is 8.25. The van der Waals surface area contributed by atoms with Crippen molar-refractivity contribution in [2.75, 3.05) is 71.6 Å². The average Bonchev–Trinajstić information content (AvgIpc) is 2.94. The van der Waals surface area contributed by atoms with Crippen LogP contribution < -0.4 is 4.90 Å². The van der Waals surface area contributed by atoms with Gasteiger partial charge >= 0.3 is 0 Å². The molecule has 0 aliphatic carbocycles. The first-order valence-corrected chi connectivity index (χ1v) is 8.25. The van der Waals surface area contributed by atoms with Gasteiger partial charge in [-0.05, 0) is 12.1 Å². The zero-order chi connectivity index (χ0) is 16.1. The number of morpholine rings is 1. The molecule has 23 heavy (non-hydrogen) atoms. The Bertz CT molecular complexity index is 543. The molecule has 0 unspecified atom stereocenters. The maximum atomic E-state index is 5.47. The number of anilines is 1. The van der Waals surface area contributed by atoms with E-state index in [0.717, 1.165) is 64.2 Å². The molecule has 2 heterocycles. The fourth-order valence-electron chi connectivity index (χ4n) is 3.02. The molecule has 0 N–H and O–H groups in total. The highest BCUT2D eigenvalue weighted by atomic mass is 16.5. The van der Waals surface area contributed by atoms with Gasteiger partial charge < -0.3 is 24.2 Å². The summed E-state index contributed by atoms with van der Waals surface area (Å²) in [7, 11) is 3.84. The fourth-order valence-corrected chi connectivity index (χ4v) is 3.02. The van der Waals surface area contributed by atoms with Crippen LogP contribution in [0.1, 0.15) is 0 Å². The molecule has 0 atom stereocenters. The van der Waals surface area contributed by atoms with E-state index in [1.54, 1.807) is 7.11 Å². The summed E-state index contributed by atoms with van der Waals surface area (Å²) in [4.78, 5) is 11.8. The molecule has 2 fully saturated rings. The van der Waals surface area contributed by atoms with Crippen LogP contribution >= 0.6 is 0 Å². The Hall–Kier alpha value is -1.79. The third kappa shape index (κ3) is 3.76. The van der Waals surface area contributed by atoms with Crippen molar-refractivity contribution >= 4 is 17.3 Å². The zero-order valence-electron chi connectivity index (χ0n) is 14.1. The van der Waals surface area contributed by atoms with Crippen LogP contribution in [0.15, 0.2) is 29.3 Å². The molecule has 2 aliphatic rings. The molecule has 6 nitrogen and oxygen atoms in total. The molecule has 2 aliphatic heterocycles. The van der Waals surface area contributed by atoms with Gasteiger partial charge in [0, 0.05) is 46.9 Å². The highest BCUT2D eigenvalue weighted by Gasteiger charge is 2.24. The van der Waals surface area contributed by atoms with Gasteiger partial charge in [-0.3, -0.25) is 0 Å². The molecule has 0 amide bonds. The molecule has 0 bridgehead atoms. The third-order valence-electron chi connectivity index (χ3n) is 4.35. The molecule has 126 valence electrons. The van der Waals surface area contributed by atoms with Gasteiger partial charge in [-0.15, -0.1) is 0 Å².